The van der Waals surface area contributed by atoms with Crippen molar-refractivity contribution >= 4 is 11.6 Å². The van der Waals surface area contributed by atoms with Crippen LogP contribution in [0.4, 0.5) is 0 Å². The second-order valence-electron chi connectivity index (χ2n) is 6.92. The molecular formula is C20H20ClN7O2. The first kappa shape index (κ1) is 19.8. The third kappa shape index (κ3) is 3.48. The first-order valence-corrected chi connectivity index (χ1v) is 9.61. The number of tetrazole rings is 1. The number of rotatable bonds is 5. The van der Waals surface area contributed by atoms with Crippen molar-refractivity contribution in [3.63, 3.8) is 0 Å². The maximum atomic E-state index is 12.2. The van der Waals surface area contributed by atoms with Crippen molar-refractivity contribution in [3.8, 4) is 22.7 Å². The number of hydrogen-bond donors (Lipinski definition) is 0. The lowest BCUT2D eigenvalue weighted by Gasteiger charge is -2.12. The van der Waals surface area contributed by atoms with Crippen molar-refractivity contribution in [2.24, 2.45) is 14.1 Å². The van der Waals surface area contributed by atoms with Crippen molar-refractivity contribution in [1.29, 1.82) is 0 Å². The van der Waals surface area contributed by atoms with Gasteiger partial charge in [0.05, 0.1) is 11.4 Å². The van der Waals surface area contributed by atoms with Gasteiger partial charge in [-0.25, -0.2) is 4.79 Å². The third-order valence-corrected chi connectivity index (χ3v) is 5.36. The molecule has 0 aliphatic heterocycles. The minimum absolute atomic E-state index is 0.174. The first-order valence-electron chi connectivity index (χ1n) is 9.23. The molecule has 0 spiro atoms. The van der Waals surface area contributed by atoms with Gasteiger partial charge in [0.1, 0.15) is 23.2 Å². The van der Waals surface area contributed by atoms with Crippen molar-refractivity contribution < 1.29 is 4.74 Å². The monoisotopic (exact) mass is 425 g/mol. The van der Waals surface area contributed by atoms with Crippen molar-refractivity contribution in [1.82, 2.24) is 34.6 Å². The molecule has 0 amide bonds. The normalized spacial score (nSPS) is 11.1. The average Bonchev–Trinajstić information content (AvgIpc) is 3.20. The van der Waals surface area contributed by atoms with Gasteiger partial charge in [0.15, 0.2) is 0 Å². The predicted molar refractivity (Wildman–Crippen MR) is 112 cm³/mol. The van der Waals surface area contributed by atoms with Gasteiger partial charge in [-0.1, -0.05) is 11.6 Å². The Labute approximate surface area is 177 Å². The van der Waals surface area contributed by atoms with E-state index in [-0.39, 0.29) is 12.3 Å². The summed E-state index contributed by atoms with van der Waals surface area (Å²) in [6, 6.07) is 9.34. The SMILES string of the molecule is Cc1cc(-c2nn(C)c(Cl)c2C)ccc1OCc1ncccc1-n1nnn(C)c1=O. The molecule has 0 radical (unpaired) electrons. The number of nitrogens with zero attached hydrogens (tertiary/aromatic N) is 7. The van der Waals surface area contributed by atoms with E-state index in [1.54, 1.807) is 30.1 Å². The summed E-state index contributed by atoms with van der Waals surface area (Å²) in [6.45, 7) is 4.08. The fourth-order valence-electron chi connectivity index (χ4n) is 3.19. The summed E-state index contributed by atoms with van der Waals surface area (Å²) in [5, 5.41) is 12.7. The van der Waals surface area contributed by atoms with Gasteiger partial charge < -0.3 is 4.74 Å². The Morgan fingerprint density at radius 1 is 1.10 bits per heavy atom. The Morgan fingerprint density at radius 2 is 1.90 bits per heavy atom. The van der Waals surface area contributed by atoms with Gasteiger partial charge in [0.2, 0.25) is 0 Å². The topological polar surface area (TPSA) is 92.7 Å². The number of ether oxygens (including phenoxy) is 1. The Kier molecular flexibility index (Phi) is 5.13. The van der Waals surface area contributed by atoms with Gasteiger partial charge in [0.25, 0.3) is 0 Å². The van der Waals surface area contributed by atoms with Gasteiger partial charge in [-0.3, -0.25) is 9.67 Å². The van der Waals surface area contributed by atoms with Crippen molar-refractivity contribution in [3.05, 3.63) is 69.0 Å². The number of halogens is 1. The molecule has 1 aromatic carbocycles. The molecule has 4 aromatic rings. The maximum absolute atomic E-state index is 12.2. The first-order chi connectivity index (χ1) is 14.4. The predicted octanol–water partition coefficient (Wildman–Crippen LogP) is 2.61. The molecule has 0 saturated heterocycles. The number of aromatic nitrogens is 7. The molecular weight excluding hydrogens is 406 g/mol. The summed E-state index contributed by atoms with van der Waals surface area (Å²) >= 11 is 6.25. The zero-order chi connectivity index (χ0) is 21.4. The van der Waals surface area contributed by atoms with Crippen LogP contribution >= 0.6 is 11.6 Å². The average molecular weight is 426 g/mol. The van der Waals surface area contributed by atoms with E-state index in [0.717, 1.165) is 27.1 Å². The second-order valence-corrected chi connectivity index (χ2v) is 7.28. The minimum Gasteiger partial charge on any atom is -0.487 e. The smallest absolute Gasteiger partial charge is 0.368 e. The summed E-state index contributed by atoms with van der Waals surface area (Å²) in [5.41, 5.74) is 4.44. The van der Waals surface area contributed by atoms with Crippen LogP contribution in [0.5, 0.6) is 5.75 Å². The minimum atomic E-state index is -0.353. The van der Waals surface area contributed by atoms with Crippen LogP contribution in [0, 0.1) is 13.8 Å². The number of hydrogen-bond acceptors (Lipinski definition) is 6. The fraction of sp³-hybridized carbons (Fsp3) is 0.250. The summed E-state index contributed by atoms with van der Waals surface area (Å²) < 4.78 is 10.0. The summed E-state index contributed by atoms with van der Waals surface area (Å²) in [5.74, 6) is 0.710. The van der Waals surface area contributed by atoms with E-state index in [1.807, 2.05) is 39.1 Å². The second kappa shape index (κ2) is 7.75. The molecule has 0 aliphatic carbocycles. The molecule has 10 heteroatoms. The van der Waals surface area contributed by atoms with E-state index < -0.39 is 0 Å². The van der Waals surface area contributed by atoms with Crippen LogP contribution in [0.25, 0.3) is 16.9 Å². The van der Waals surface area contributed by atoms with Crippen LogP contribution in [0.2, 0.25) is 5.15 Å². The Morgan fingerprint density at radius 3 is 2.53 bits per heavy atom. The molecule has 154 valence electrons. The van der Waals surface area contributed by atoms with Crippen molar-refractivity contribution in [2.75, 3.05) is 0 Å². The largest absolute Gasteiger partial charge is 0.487 e. The molecule has 0 N–H and O–H groups in total. The molecule has 3 aromatic heterocycles. The lowest BCUT2D eigenvalue weighted by atomic mass is 10.1. The maximum Gasteiger partial charge on any atom is 0.368 e. The van der Waals surface area contributed by atoms with E-state index in [4.69, 9.17) is 16.3 Å². The van der Waals surface area contributed by atoms with E-state index in [2.05, 4.69) is 20.5 Å². The van der Waals surface area contributed by atoms with Gasteiger partial charge in [-0.2, -0.15) is 14.5 Å². The molecule has 3 heterocycles. The van der Waals surface area contributed by atoms with Crippen LogP contribution in [0.15, 0.2) is 41.3 Å². The van der Waals surface area contributed by atoms with Gasteiger partial charge in [-0.05, 0) is 60.2 Å². The van der Waals surface area contributed by atoms with Crippen LogP contribution < -0.4 is 10.4 Å². The zero-order valence-corrected chi connectivity index (χ0v) is 17.8. The van der Waals surface area contributed by atoms with Crippen molar-refractivity contribution in [2.45, 2.75) is 20.5 Å². The molecule has 4 rings (SSSR count). The highest BCUT2D eigenvalue weighted by Gasteiger charge is 2.15. The Bertz CT molecular complexity index is 1290. The van der Waals surface area contributed by atoms with E-state index >= 15 is 0 Å². The standard InChI is InChI=1S/C20H20ClN7O2/c1-12-10-14(18-13(2)19(21)26(3)23-18)7-8-17(12)30-11-15-16(6-5-9-22-15)28-20(29)27(4)24-25-28/h5-10H,11H2,1-4H3. The van der Waals surface area contributed by atoms with E-state index in [0.29, 0.717) is 22.3 Å². The van der Waals surface area contributed by atoms with Gasteiger partial charge in [-0.15, -0.1) is 0 Å². The molecule has 0 saturated carbocycles. The number of aryl methyl sites for hydroxylation is 3. The highest BCUT2D eigenvalue weighted by atomic mass is 35.5. The summed E-state index contributed by atoms with van der Waals surface area (Å²) in [7, 11) is 3.36. The number of pyridine rings is 1. The van der Waals surface area contributed by atoms with Crippen LogP contribution in [0.3, 0.4) is 0 Å². The molecule has 0 fully saturated rings. The molecule has 0 bridgehead atoms. The summed E-state index contributed by atoms with van der Waals surface area (Å²) in [6.07, 6.45) is 1.65. The Balaban J connectivity index is 1.59. The van der Waals surface area contributed by atoms with Gasteiger partial charge >= 0.3 is 5.69 Å². The highest BCUT2D eigenvalue weighted by Crippen LogP contribution is 2.31. The quantitative estimate of drug-likeness (QED) is 0.488. The lowest BCUT2D eigenvalue weighted by Crippen LogP contribution is -2.23. The molecule has 30 heavy (non-hydrogen) atoms. The molecule has 0 aliphatic rings. The van der Waals surface area contributed by atoms with E-state index in [1.165, 1.54) is 4.68 Å². The molecule has 0 atom stereocenters. The molecule has 9 nitrogen and oxygen atoms in total. The van der Waals surface area contributed by atoms with Crippen LogP contribution in [-0.2, 0) is 20.7 Å². The van der Waals surface area contributed by atoms with E-state index in [9.17, 15) is 4.79 Å². The molecule has 0 unspecified atom stereocenters. The lowest BCUT2D eigenvalue weighted by molar-refractivity contribution is 0.298. The zero-order valence-electron chi connectivity index (χ0n) is 17.0. The summed E-state index contributed by atoms with van der Waals surface area (Å²) in [4.78, 5) is 16.5. The highest BCUT2D eigenvalue weighted by molar-refractivity contribution is 6.30. The third-order valence-electron chi connectivity index (χ3n) is 4.83. The van der Waals surface area contributed by atoms with Gasteiger partial charge in [0, 0.05) is 31.4 Å². The van der Waals surface area contributed by atoms with Crippen LogP contribution in [0.1, 0.15) is 16.8 Å². The van der Waals surface area contributed by atoms with Crippen LogP contribution in [-0.4, -0.2) is 34.6 Å². The number of benzene rings is 1. The fourth-order valence-corrected chi connectivity index (χ4v) is 3.31. The Hall–Kier alpha value is -3.46.